The lowest BCUT2D eigenvalue weighted by atomic mass is 9.89. The second-order valence-corrected chi connectivity index (χ2v) is 6.07. The first-order valence-corrected chi connectivity index (χ1v) is 6.26. The molecule has 3 N–H and O–H groups in total. The fraction of sp³-hybridized carbons (Fsp3) is 0.769. The molecule has 0 aromatic rings. The predicted octanol–water partition coefficient (Wildman–Crippen LogP) is 1.64. The maximum Gasteiger partial charge on any atom is 0.237 e. The smallest absolute Gasteiger partial charge is 0.237 e. The van der Waals surface area contributed by atoms with Crippen LogP contribution in [0, 0.1) is 11.3 Å². The zero-order chi connectivity index (χ0) is 13.1. The van der Waals surface area contributed by atoms with Crippen LogP contribution in [0.3, 0.4) is 0 Å². The van der Waals surface area contributed by atoms with E-state index in [1.807, 2.05) is 0 Å². The zero-order valence-electron chi connectivity index (χ0n) is 11.3. The monoisotopic (exact) mass is 239 g/mol. The third kappa shape index (κ3) is 4.38. The van der Waals surface area contributed by atoms with E-state index in [-0.39, 0.29) is 17.2 Å². The summed E-state index contributed by atoms with van der Waals surface area (Å²) in [6.45, 7) is 12.6. The molecule has 1 aliphatic rings. The molecule has 0 aromatic carbocycles. The van der Waals surface area contributed by atoms with E-state index in [1.54, 1.807) is 0 Å². The average molecular weight is 239 g/mol. The van der Waals surface area contributed by atoms with Gasteiger partial charge in [-0.05, 0) is 24.7 Å². The van der Waals surface area contributed by atoms with E-state index in [4.69, 9.17) is 5.84 Å². The van der Waals surface area contributed by atoms with Gasteiger partial charge in [0.05, 0.1) is 0 Å². The van der Waals surface area contributed by atoms with E-state index in [0.717, 1.165) is 32.4 Å². The van der Waals surface area contributed by atoms with E-state index < -0.39 is 0 Å². The van der Waals surface area contributed by atoms with Crippen molar-refractivity contribution in [1.82, 2.24) is 10.3 Å². The molecule has 0 atom stereocenters. The van der Waals surface area contributed by atoms with Crippen LogP contribution in [0.25, 0.3) is 0 Å². The summed E-state index contributed by atoms with van der Waals surface area (Å²) in [4.78, 5) is 13.7. The molecule has 0 spiro atoms. The van der Waals surface area contributed by atoms with Crippen LogP contribution < -0.4 is 11.3 Å². The highest BCUT2D eigenvalue weighted by atomic mass is 16.2. The van der Waals surface area contributed by atoms with Crippen molar-refractivity contribution in [3.8, 4) is 0 Å². The molecule has 0 bridgehead atoms. The van der Waals surface area contributed by atoms with E-state index in [0.29, 0.717) is 0 Å². The largest absolute Gasteiger partial charge is 0.375 e. The summed E-state index contributed by atoms with van der Waals surface area (Å²) in [5, 5.41) is 0. The first-order valence-electron chi connectivity index (χ1n) is 6.26. The van der Waals surface area contributed by atoms with Crippen LogP contribution in [-0.2, 0) is 4.79 Å². The Balaban J connectivity index is 2.42. The van der Waals surface area contributed by atoms with Gasteiger partial charge in [-0.2, -0.15) is 0 Å². The minimum Gasteiger partial charge on any atom is -0.375 e. The molecule has 1 saturated heterocycles. The number of carbonyl (C=O) groups is 1. The molecule has 0 aromatic heterocycles. The Morgan fingerprint density at radius 2 is 1.94 bits per heavy atom. The maximum atomic E-state index is 11.4. The predicted molar refractivity (Wildman–Crippen MR) is 69.8 cm³/mol. The first kappa shape index (κ1) is 14.0. The summed E-state index contributed by atoms with van der Waals surface area (Å²) < 4.78 is 0. The average Bonchev–Trinajstić information content (AvgIpc) is 2.26. The minimum absolute atomic E-state index is 0.0360. The van der Waals surface area contributed by atoms with E-state index in [1.165, 1.54) is 5.70 Å². The third-order valence-electron chi connectivity index (χ3n) is 3.19. The highest BCUT2D eigenvalue weighted by Crippen LogP contribution is 2.28. The molecule has 1 heterocycles. The number of nitrogens with zero attached hydrogens (tertiary/aromatic N) is 1. The number of hydrazine groups is 1. The topological polar surface area (TPSA) is 58.4 Å². The SMILES string of the molecule is C=C(CC(C)(C)C)N1CCC(C(=O)NN)CC1. The Labute approximate surface area is 104 Å². The molecular weight excluding hydrogens is 214 g/mol. The van der Waals surface area contributed by atoms with Crippen molar-refractivity contribution in [1.29, 1.82) is 0 Å². The van der Waals surface area contributed by atoms with E-state index in [9.17, 15) is 4.79 Å². The molecular formula is C13H25N3O. The highest BCUT2D eigenvalue weighted by molar-refractivity contribution is 5.78. The molecule has 0 saturated carbocycles. The van der Waals surface area contributed by atoms with Crippen LogP contribution >= 0.6 is 0 Å². The Morgan fingerprint density at radius 1 is 1.41 bits per heavy atom. The number of rotatable bonds is 3. The van der Waals surface area contributed by atoms with Gasteiger partial charge in [0.1, 0.15) is 0 Å². The van der Waals surface area contributed by atoms with Crippen molar-refractivity contribution in [2.24, 2.45) is 17.2 Å². The summed E-state index contributed by atoms with van der Waals surface area (Å²) in [5.41, 5.74) is 3.69. The second kappa shape index (κ2) is 5.54. The van der Waals surface area contributed by atoms with E-state index >= 15 is 0 Å². The van der Waals surface area contributed by atoms with Gasteiger partial charge in [-0.25, -0.2) is 5.84 Å². The van der Waals surface area contributed by atoms with Crippen molar-refractivity contribution in [2.45, 2.75) is 40.0 Å². The lowest BCUT2D eigenvalue weighted by Gasteiger charge is -2.36. The van der Waals surface area contributed by atoms with Crippen molar-refractivity contribution in [3.63, 3.8) is 0 Å². The number of hydrogen-bond donors (Lipinski definition) is 2. The van der Waals surface area contributed by atoms with Gasteiger partial charge < -0.3 is 4.90 Å². The Bertz CT molecular complexity index is 286. The number of carbonyl (C=O) groups excluding carboxylic acids is 1. The standard InChI is InChI=1S/C13H25N3O/c1-10(9-13(2,3)4)16-7-5-11(6-8-16)12(17)15-14/h11H,1,5-9,14H2,2-4H3,(H,15,17). The number of nitrogens with two attached hydrogens (primary N) is 1. The van der Waals surface area contributed by atoms with Gasteiger partial charge in [0.25, 0.3) is 0 Å². The van der Waals surface area contributed by atoms with E-state index in [2.05, 4.69) is 37.7 Å². The number of likely N-dealkylation sites (tertiary alicyclic amines) is 1. The fourth-order valence-electron chi connectivity index (χ4n) is 2.30. The summed E-state index contributed by atoms with van der Waals surface area (Å²) in [6, 6.07) is 0. The van der Waals surface area contributed by atoms with Gasteiger partial charge in [0.2, 0.25) is 5.91 Å². The lowest BCUT2D eigenvalue weighted by Crippen LogP contribution is -2.42. The van der Waals surface area contributed by atoms with Crippen molar-refractivity contribution >= 4 is 5.91 Å². The first-order chi connectivity index (χ1) is 7.83. The number of hydrogen-bond acceptors (Lipinski definition) is 3. The number of nitrogens with one attached hydrogen (secondary N) is 1. The quantitative estimate of drug-likeness (QED) is 0.447. The maximum absolute atomic E-state index is 11.4. The minimum atomic E-state index is -0.0360. The highest BCUT2D eigenvalue weighted by Gasteiger charge is 2.26. The number of piperidine rings is 1. The van der Waals surface area contributed by atoms with Crippen LogP contribution in [-0.4, -0.2) is 23.9 Å². The van der Waals surface area contributed by atoms with Crippen molar-refractivity contribution in [3.05, 3.63) is 12.3 Å². The zero-order valence-corrected chi connectivity index (χ0v) is 11.3. The van der Waals surface area contributed by atoms with Gasteiger partial charge in [0.15, 0.2) is 0 Å². The summed E-state index contributed by atoms with van der Waals surface area (Å²) in [7, 11) is 0. The Hall–Kier alpha value is -1.03. The number of amides is 1. The molecule has 4 heteroatoms. The van der Waals surface area contributed by atoms with Gasteiger partial charge in [-0.15, -0.1) is 0 Å². The van der Waals surface area contributed by atoms with Crippen LogP contribution in [0.15, 0.2) is 12.3 Å². The molecule has 17 heavy (non-hydrogen) atoms. The van der Waals surface area contributed by atoms with Crippen molar-refractivity contribution < 1.29 is 4.79 Å². The van der Waals surface area contributed by atoms with Gasteiger partial charge >= 0.3 is 0 Å². The molecule has 4 nitrogen and oxygen atoms in total. The molecule has 1 rings (SSSR count). The molecule has 1 aliphatic heterocycles. The molecule has 98 valence electrons. The second-order valence-electron chi connectivity index (χ2n) is 6.07. The van der Waals surface area contributed by atoms with Crippen LogP contribution in [0.1, 0.15) is 40.0 Å². The van der Waals surface area contributed by atoms with Crippen LogP contribution in [0.4, 0.5) is 0 Å². The summed E-state index contributed by atoms with van der Waals surface area (Å²) >= 11 is 0. The van der Waals surface area contributed by atoms with Gasteiger partial charge in [-0.3, -0.25) is 10.2 Å². The molecule has 1 fully saturated rings. The van der Waals surface area contributed by atoms with Gasteiger partial charge in [0, 0.05) is 24.7 Å². The number of allylic oxidation sites excluding steroid dienone is 1. The fourth-order valence-corrected chi connectivity index (χ4v) is 2.30. The van der Waals surface area contributed by atoms with Crippen LogP contribution in [0.5, 0.6) is 0 Å². The molecule has 0 unspecified atom stereocenters. The molecule has 0 aliphatic carbocycles. The molecule has 1 amide bonds. The van der Waals surface area contributed by atoms with Crippen LogP contribution in [0.2, 0.25) is 0 Å². The summed E-state index contributed by atoms with van der Waals surface area (Å²) in [6.07, 6.45) is 2.74. The van der Waals surface area contributed by atoms with Crippen molar-refractivity contribution in [2.75, 3.05) is 13.1 Å². The Morgan fingerprint density at radius 3 is 2.35 bits per heavy atom. The van der Waals surface area contributed by atoms with Gasteiger partial charge in [-0.1, -0.05) is 27.4 Å². The third-order valence-corrected chi connectivity index (χ3v) is 3.19. The lowest BCUT2D eigenvalue weighted by molar-refractivity contribution is -0.126. The normalized spacial score (nSPS) is 18.0. The summed E-state index contributed by atoms with van der Waals surface area (Å²) in [5.74, 6) is 5.18. The molecule has 0 radical (unpaired) electrons. The Kier molecular flexibility index (Phi) is 4.57.